The summed E-state index contributed by atoms with van der Waals surface area (Å²) in [4.78, 5) is 0. The van der Waals surface area contributed by atoms with E-state index in [9.17, 15) is 0 Å². The van der Waals surface area contributed by atoms with Crippen LogP contribution in [0.2, 0.25) is 19.6 Å². The molecule has 0 unspecified atom stereocenters. The summed E-state index contributed by atoms with van der Waals surface area (Å²) in [7, 11) is -1.33. The molecule has 0 aliphatic rings. The van der Waals surface area contributed by atoms with Crippen molar-refractivity contribution in [2.24, 2.45) is 0 Å². The second-order valence-corrected chi connectivity index (χ2v) is 8.61. The van der Waals surface area contributed by atoms with Gasteiger partial charge >= 0.3 is 0 Å². The van der Waals surface area contributed by atoms with Gasteiger partial charge in [0.25, 0.3) is 0 Å². The van der Waals surface area contributed by atoms with E-state index in [0.29, 0.717) is 6.61 Å². The van der Waals surface area contributed by atoms with Crippen molar-refractivity contribution in [3.8, 4) is 0 Å². The van der Waals surface area contributed by atoms with Gasteiger partial charge in [0.05, 0.1) is 13.2 Å². The Morgan fingerprint density at radius 1 is 1.17 bits per heavy atom. The summed E-state index contributed by atoms with van der Waals surface area (Å²) in [5.74, 6) is 0. The van der Waals surface area contributed by atoms with Crippen molar-refractivity contribution in [2.45, 2.75) is 33.5 Å². The van der Waals surface area contributed by atoms with Gasteiger partial charge in [-0.05, 0) is 13.8 Å². The molecule has 0 aromatic heterocycles. The topological polar surface area (TPSA) is 18.5 Å². The van der Waals surface area contributed by atoms with E-state index in [1.807, 2.05) is 13.8 Å². The molecule has 0 saturated carbocycles. The molecule has 0 rings (SSSR count). The summed E-state index contributed by atoms with van der Waals surface area (Å²) >= 11 is 0. The van der Waals surface area contributed by atoms with E-state index in [-0.39, 0.29) is 0 Å². The number of hydrogen-bond acceptors (Lipinski definition) is 2. The van der Waals surface area contributed by atoms with E-state index in [1.165, 1.54) is 0 Å². The lowest BCUT2D eigenvalue weighted by atomic mass is 10.8. The lowest BCUT2D eigenvalue weighted by molar-refractivity contribution is 0.208. The highest BCUT2D eigenvalue weighted by molar-refractivity contribution is 6.82. The summed E-state index contributed by atoms with van der Waals surface area (Å²) in [5.41, 5.74) is 0. The molecule has 0 saturated heterocycles. The Balaban J connectivity index is 4.22. The van der Waals surface area contributed by atoms with Crippen LogP contribution < -0.4 is 0 Å². The normalized spacial score (nSPS) is 12.9. The van der Waals surface area contributed by atoms with Gasteiger partial charge in [0.1, 0.15) is 19.7 Å². The van der Waals surface area contributed by atoms with Crippen molar-refractivity contribution >= 4 is 8.07 Å². The van der Waals surface area contributed by atoms with Gasteiger partial charge in [-0.15, -0.1) is 0 Å². The second kappa shape index (κ2) is 5.25. The predicted octanol–water partition coefficient (Wildman–Crippen LogP) is 2.78. The maximum Gasteiger partial charge on any atom is 0.126 e. The van der Waals surface area contributed by atoms with Gasteiger partial charge in [0.15, 0.2) is 0 Å². The molecule has 2 nitrogen and oxygen atoms in total. The first-order chi connectivity index (χ1) is 5.52. The maximum absolute atomic E-state index is 5.51. The van der Waals surface area contributed by atoms with Crippen molar-refractivity contribution < 1.29 is 9.47 Å². The van der Waals surface area contributed by atoms with Crippen molar-refractivity contribution in [1.82, 2.24) is 0 Å². The Morgan fingerprint density at radius 3 is 2.08 bits per heavy atom. The summed E-state index contributed by atoms with van der Waals surface area (Å²) < 4.78 is 10.7. The summed E-state index contributed by atoms with van der Waals surface area (Å²) in [6, 6.07) is 0. The smallest absolute Gasteiger partial charge is 0.126 e. The predicted molar refractivity (Wildman–Crippen MR) is 54.7 cm³/mol. The molecule has 0 aliphatic heterocycles. The molecule has 72 valence electrons. The van der Waals surface area contributed by atoms with Crippen LogP contribution in [-0.2, 0) is 9.47 Å². The Bertz CT molecular complexity index is 147. The van der Waals surface area contributed by atoms with Crippen molar-refractivity contribution in [1.29, 1.82) is 0 Å². The van der Waals surface area contributed by atoms with Gasteiger partial charge in [0.2, 0.25) is 0 Å². The highest BCUT2D eigenvalue weighted by Gasteiger charge is 2.21. The van der Waals surface area contributed by atoms with Crippen molar-refractivity contribution in [3.05, 3.63) is 11.6 Å². The van der Waals surface area contributed by atoms with Crippen LogP contribution in [0.25, 0.3) is 0 Å². The standard InChI is InChI=1S/C9H20O2Si/c1-6-10-8-9(11-7-2)12(3,4)5/h8H,6-7H2,1-5H3/b9-8-. The van der Waals surface area contributed by atoms with Crippen LogP contribution in [0.1, 0.15) is 13.8 Å². The summed E-state index contributed by atoms with van der Waals surface area (Å²) in [6.07, 6.45) is 1.77. The third-order valence-electron chi connectivity index (χ3n) is 1.40. The number of rotatable bonds is 5. The van der Waals surface area contributed by atoms with E-state index in [0.717, 1.165) is 12.0 Å². The van der Waals surface area contributed by atoms with Crippen LogP contribution in [0.3, 0.4) is 0 Å². The van der Waals surface area contributed by atoms with Gasteiger partial charge in [-0.3, -0.25) is 0 Å². The van der Waals surface area contributed by atoms with Gasteiger partial charge in [-0.25, -0.2) is 0 Å². The molecule has 3 heteroatoms. The van der Waals surface area contributed by atoms with Crippen molar-refractivity contribution in [3.63, 3.8) is 0 Å². The van der Waals surface area contributed by atoms with Gasteiger partial charge in [-0.1, -0.05) is 19.6 Å². The highest BCUT2D eigenvalue weighted by Crippen LogP contribution is 2.15. The van der Waals surface area contributed by atoms with E-state index in [2.05, 4.69) is 19.6 Å². The van der Waals surface area contributed by atoms with Crippen LogP contribution in [0.5, 0.6) is 0 Å². The van der Waals surface area contributed by atoms with Crippen LogP contribution in [-0.4, -0.2) is 21.3 Å². The quantitative estimate of drug-likeness (QED) is 0.488. The van der Waals surface area contributed by atoms with E-state index in [1.54, 1.807) is 6.26 Å². The summed E-state index contributed by atoms with van der Waals surface area (Å²) in [5, 5.41) is 1.05. The molecule has 0 aromatic carbocycles. The zero-order chi connectivity index (χ0) is 9.61. The Labute approximate surface area is 76.6 Å². The average molecular weight is 188 g/mol. The molecule has 0 aliphatic carbocycles. The minimum Gasteiger partial charge on any atom is -0.500 e. The number of hydrogen-bond donors (Lipinski definition) is 0. The van der Waals surface area contributed by atoms with E-state index < -0.39 is 8.07 Å². The Morgan fingerprint density at radius 2 is 1.75 bits per heavy atom. The van der Waals surface area contributed by atoms with E-state index >= 15 is 0 Å². The molecule has 0 spiro atoms. The molecule has 0 bridgehead atoms. The van der Waals surface area contributed by atoms with Crippen LogP contribution in [0.4, 0.5) is 0 Å². The third-order valence-corrected chi connectivity index (χ3v) is 3.14. The Hall–Kier alpha value is -0.443. The lowest BCUT2D eigenvalue weighted by Crippen LogP contribution is -2.26. The third kappa shape index (κ3) is 4.44. The van der Waals surface area contributed by atoms with Crippen LogP contribution >= 0.6 is 0 Å². The molecule has 0 fully saturated rings. The minimum atomic E-state index is -1.33. The molecule has 0 radical (unpaired) electrons. The van der Waals surface area contributed by atoms with Crippen LogP contribution in [0, 0.1) is 0 Å². The average Bonchev–Trinajstić information content (AvgIpc) is 1.95. The summed E-state index contributed by atoms with van der Waals surface area (Å²) in [6.45, 7) is 12.1. The van der Waals surface area contributed by atoms with Crippen molar-refractivity contribution in [2.75, 3.05) is 13.2 Å². The molecule has 0 amide bonds. The molecular weight excluding hydrogens is 168 g/mol. The zero-order valence-corrected chi connectivity index (χ0v) is 9.81. The molecule has 0 aromatic rings. The molecule has 0 heterocycles. The monoisotopic (exact) mass is 188 g/mol. The fraction of sp³-hybridized carbons (Fsp3) is 0.778. The maximum atomic E-state index is 5.51. The second-order valence-electron chi connectivity index (χ2n) is 3.62. The zero-order valence-electron chi connectivity index (χ0n) is 8.81. The SMILES string of the molecule is CCO/C=C(/OCC)[Si](C)(C)C. The lowest BCUT2D eigenvalue weighted by Gasteiger charge is -2.20. The largest absolute Gasteiger partial charge is 0.500 e. The molecule has 0 N–H and O–H groups in total. The van der Waals surface area contributed by atoms with Gasteiger partial charge in [0, 0.05) is 0 Å². The van der Waals surface area contributed by atoms with E-state index in [4.69, 9.17) is 9.47 Å². The van der Waals surface area contributed by atoms with Gasteiger partial charge < -0.3 is 9.47 Å². The van der Waals surface area contributed by atoms with Crippen LogP contribution in [0.15, 0.2) is 11.6 Å². The van der Waals surface area contributed by atoms with Gasteiger partial charge in [-0.2, -0.15) is 0 Å². The number of ether oxygens (including phenoxy) is 2. The first-order valence-electron chi connectivity index (χ1n) is 4.47. The Kier molecular flexibility index (Phi) is 5.05. The molecule has 12 heavy (non-hydrogen) atoms. The molecule has 0 atom stereocenters. The fourth-order valence-corrected chi connectivity index (χ4v) is 1.76. The highest BCUT2D eigenvalue weighted by atomic mass is 28.3. The first-order valence-corrected chi connectivity index (χ1v) is 7.97. The fourth-order valence-electron chi connectivity index (χ4n) is 0.742. The minimum absolute atomic E-state index is 0.709. The first kappa shape index (κ1) is 11.6. The molecular formula is C9H20O2Si.